The summed E-state index contributed by atoms with van der Waals surface area (Å²) in [7, 11) is 0. The van der Waals surface area contributed by atoms with E-state index in [1.165, 1.54) is 11.1 Å². The van der Waals surface area contributed by atoms with Crippen LogP contribution in [0.4, 0.5) is 0 Å². The lowest BCUT2D eigenvalue weighted by Gasteiger charge is -2.25. The molecule has 0 aliphatic heterocycles. The Morgan fingerprint density at radius 2 is 0.453 bits per heavy atom. The van der Waals surface area contributed by atoms with E-state index in [1.807, 2.05) is 118 Å². The first-order chi connectivity index (χ1) is 73.5. The van der Waals surface area contributed by atoms with E-state index in [0.29, 0.717) is 83.7 Å². The highest BCUT2D eigenvalue weighted by Gasteiger charge is 2.45. The van der Waals surface area contributed by atoms with E-state index in [-0.39, 0.29) is 50.4 Å². The monoisotopic (exact) mass is 1910 g/mol. The van der Waals surface area contributed by atoms with Gasteiger partial charge in [0.1, 0.15) is 103 Å². The third kappa shape index (κ3) is 10.2. The number of nitriles is 6. The van der Waals surface area contributed by atoms with Gasteiger partial charge in [-0.2, -0.15) is 31.6 Å². The molecule has 0 saturated carbocycles. The molecular weight excluding hydrogens is 1840 g/mol. The number of fused-ring (bicyclic) bond motifs is 39. The van der Waals surface area contributed by atoms with E-state index >= 15 is 0 Å². The molecule has 694 valence electrons. The zero-order chi connectivity index (χ0) is 100. The Labute approximate surface area is 854 Å². The van der Waals surface area contributed by atoms with Gasteiger partial charge >= 0.3 is 0 Å². The summed E-state index contributed by atoms with van der Waals surface area (Å²) >= 11 is 0. The van der Waals surface area contributed by atoms with Crippen LogP contribution in [0.2, 0.25) is 0 Å². The van der Waals surface area contributed by atoms with Crippen molar-refractivity contribution in [3.63, 3.8) is 0 Å². The highest BCUT2D eigenvalue weighted by Crippen LogP contribution is 2.60. The van der Waals surface area contributed by atoms with Gasteiger partial charge in [-0.25, -0.2) is 0 Å². The Hall–Kier alpha value is -20.5. The molecule has 29 aromatic rings. The lowest BCUT2D eigenvalue weighted by molar-refractivity contribution is 0.661. The molecule has 15 heteroatoms. The Morgan fingerprint density at radius 1 is 0.187 bits per heavy atom. The van der Waals surface area contributed by atoms with Gasteiger partial charge in [-0.05, 0) is 211 Å². The molecule has 9 heterocycles. The van der Waals surface area contributed by atoms with Crippen molar-refractivity contribution in [3.8, 4) is 115 Å². The van der Waals surface area contributed by atoms with Crippen LogP contribution in [0.25, 0.3) is 275 Å². The van der Waals surface area contributed by atoms with E-state index in [4.69, 9.17) is 13.3 Å². The Bertz CT molecular complexity index is 11400. The molecule has 9 aromatic heterocycles. The maximum atomic E-state index is 13.1. The smallest absolute Gasteiger partial charge is 0.145 e. The van der Waals surface area contributed by atoms with Crippen LogP contribution in [0, 0.1) is 68.0 Å². The first-order valence-electron chi connectivity index (χ1n) is 50.5. The van der Waals surface area contributed by atoms with Crippen molar-refractivity contribution in [2.75, 3.05) is 0 Å². The van der Waals surface area contributed by atoms with E-state index in [0.717, 1.165) is 197 Å². The van der Waals surface area contributed by atoms with Crippen molar-refractivity contribution >= 4 is 197 Å². The largest absolute Gasteiger partial charge is 0.455 e. The van der Waals surface area contributed by atoms with Crippen LogP contribution in [-0.4, -0.2) is 27.4 Å². The standard InChI is InChI=1S/C135H76N12O3/c1-133(2)99-39-17-7-28-73(99)86-59-88-75-30-9-19-42-105(75)145(114(88)62-102(86)133)127-96(68-139)128(146-106-43-20-10-31-76(106)89-60-87-74-29-8-18-40-100(74)134(3,4)103(87)63-115(89)146)98(70-141)129(97(127)69-140)147-107-44-21-11-32-77(107)90-61-91-104(64-116(90)147)135(5,6)101-41-27-38-72(120(91)101)71-50-54-110-92(58-71)123-113(57-53-83-80-35-16-26-49-119(80)150-132(83)123)144(110)126-94(66-137)124(142-108-45-22-12-36-84(108)121-111(142)55-51-81-78-33-14-24-47-117(78)148-130(81)121)93(65-136)125(95(126)67-138)143-109-46-23-13-37-85(109)122-112(143)56-52-82-79-34-15-25-48-118(79)149-131(82)122/h7-64H,1-6H3. The van der Waals surface area contributed by atoms with Crippen LogP contribution in [0.15, 0.2) is 365 Å². The minimum absolute atomic E-state index is 0.0658. The first kappa shape index (κ1) is 83.0. The maximum Gasteiger partial charge on any atom is 0.145 e. The highest BCUT2D eigenvalue weighted by atomic mass is 16.3. The minimum atomic E-state index is -0.726. The molecule has 3 aliphatic rings. The van der Waals surface area contributed by atoms with Crippen molar-refractivity contribution < 1.29 is 13.3 Å². The minimum Gasteiger partial charge on any atom is -0.455 e. The predicted octanol–water partition coefficient (Wildman–Crippen LogP) is 33.8. The van der Waals surface area contributed by atoms with Crippen LogP contribution in [0.1, 0.15) is 108 Å². The van der Waals surface area contributed by atoms with Gasteiger partial charge in [-0.15, -0.1) is 0 Å². The van der Waals surface area contributed by atoms with Crippen LogP contribution < -0.4 is 0 Å². The number of para-hydroxylation sites is 8. The number of benzene rings is 20. The lowest BCUT2D eigenvalue weighted by atomic mass is 9.81. The molecule has 0 N–H and O–H groups in total. The summed E-state index contributed by atoms with van der Waals surface area (Å²) in [6.45, 7) is 13.7. The fourth-order valence-electron chi connectivity index (χ4n) is 27.6. The fourth-order valence-corrected chi connectivity index (χ4v) is 27.6. The summed E-state index contributed by atoms with van der Waals surface area (Å²) in [6.07, 6.45) is 0. The fraction of sp³-hybridized carbons (Fsp3) is 0.0667. The number of hydrogen-bond acceptors (Lipinski definition) is 9. The summed E-state index contributed by atoms with van der Waals surface area (Å²) in [6, 6.07) is 139. The number of aromatic nitrogens is 6. The maximum absolute atomic E-state index is 13.1. The van der Waals surface area contributed by atoms with Gasteiger partial charge in [-0.3, -0.25) is 0 Å². The number of hydrogen-bond donors (Lipinski definition) is 0. The van der Waals surface area contributed by atoms with Gasteiger partial charge in [0.2, 0.25) is 0 Å². The Kier molecular flexibility index (Phi) is 16.1. The van der Waals surface area contributed by atoms with E-state index in [1.54, 1.807) is 0 Å². The molecule has 0 saturated heterocycles. The van der Waals surface area contributed by atoms with Crippen LogP contribution in [0.5, 0.6) is 0 Å². The topological polar surface area (TPSA) is 212 Å². The summed E-state index contributed by atoms with van der Waals surface area (Å²) in [5, 5.41) is 93.7. The van der Waals surface area contributed by atoms with Crippen LogP contribution in [0.3, 0.4) is 0 Å². The first-order valence-corrected chi connectivity index (χ1v) is 50.5. The summed E-state index contributed by atoms with van der Waals surface area (Å²) in [4.78, 5) is 0. The lowest BCUT2D eigenvalue weighted by Crippen LogP contribution is -2.17. The third-order valence-corrected chi connectivity index (χ3v) is 34.0. The van der Waals surface area contributed by atoms with Crippen molar-refractivity contribution in [1.82, 2.24) is 27.4 Å². The van der Waals surface area contributed by atoms with Crippen molar-refractivity contribution in [1.29, 1.82) is 31.6 Å². The zero-order valence-electron chi connectivity index (χ0n) is 81.6. The molecule has 15 nitrogen and oxygen atoms in total. The molecule has 20 aromatic carbocycles. The Morgan fingerprint density at radius 3 is 0.820 bits per heavy atom. The molecular formula is C135H76N12O3. The highest BCUT2D eigenvalue weighted by molar-refractivity contribution is 6.29. The second kappa shape index (κ2) is 29.0. The van der Waals surface area contributed by atoms with E-state index in [2.05, 4.69) is 339 Å². The quantitative estimate of drug-likeness (QED) is 0.148. The van der Waals surface area contributed by atoms with Gasteiger partial charge < -0.3 is 40.7 Å². The number of rotatable bonds is 7. The molecule has 3 aliphatic carbocycles. The van der Waals surface area contributed by atoms with Crippen LogP contribution in [-0.2, 0) is 16.2 Å². The molecule has 0 spiro atoms. The average molecular weight is 1910 g/mol. The molecule has 0 atom stereocenters. The molecule has 32 rings (SSSR count). The Balaban J connectivity index is 0.660. The third-order valence-electron chi connectivity index (χ3n) is 34.0. The summed E-state index contributed by atoms with van der Waals surface area (Å²) in [5.41, 5.74) is 28.7. The average Bonchev–Trinajstić information content (AvgIpc) is 1.51. The van der Waals surface area contributed by atoms with Crippen LogP contribution >= 0.6 is 0 Å². The van der Waals surface area contributed by atoms with Gasteiger partial charge in [0.05, 0.1) is 116 Å². The van der Waals surface area contributed by atoms with Gasteiger partial charge in [-0.1, -0.05) is 260 Å². The normalized spacial score (nSPS) is 13.7. The summed E-state index contributed by atoms with van der Waals surface area (Å²) in [5.74, 6) is 0. The predicted molar refractivity (Wildman–Crippen MR) is 601 cm³/mol. The van der Waals surface area contributed by atoms with E-state index in [9.17, 15) is 31.6 Å². The molecule has 0 radical (unpaired) electrons. The second-order valence-electron chi connectivity index (χ2n) is 42.1. The number of nitrogens with zero attached hydrogens (tertiary/aromatic N) is 12. The zero-order valence-corrected chi connectivity index (χ0v) is 81.6. The molecule has 0 fully saturated rings. The molecule has 0 bridgehead atoms. The molecule has 150 heavy (non-hydrogen) atoms. The molecule has 0 unspecified atom stereocenters. The second-order valence-corrected chi connectivity index (χ2v) is 42.1. The molecule has 0 amide bonds. The van der Waals surface area contributed by atoms with E-state index < -0.39 is 16.2 Å². The number of furan rings is 3. The van der Waals surface area contributed by atoms with Crippen molar-refractivity contribution in [2.24, 2.45) is 0 Å². The van der Waals surface area contributed by atoms with Gasteiger partial charge in [0, 0.05) is 97.0 Å². The van der Waals surface area contributed by atoms with Crippen molar-refractivity contribution in [3.05, 3.63) is 419 Å². The van der Waals surface area contributed by atoms with Gasteiger partial charge in [0.15, 0.2) is 0 Å². The SMILES string of the molecule is CC1(C)c2ccccc2-c2cc3c4ccccc4n(-c4c(C#N)c(-n5c6ccccc6c6cc7c(cc65)C(C)(C)c5ccccc5-7)c(C#N)c(-n5c6ccccc6c6cc7c(cc65)C(C)(C)c5cccc(-c6ccc8c(c6)c6c9oc%10ccccc%10c9ccc6n8-c6c(C#N)c(-n8c9ccccc9c9c%10oc%11ccccc%11c%10ccc98)c(C#N)c(-n8c9ccccc9c9c%10oc%11ccccc%11c%10ccc98)c6C#N)c5-7)c4C#N)c3cc21. The van der Waals surface area contributed by atoms with Crippen molar-refractivity contribution in [2.45, 2.75) is 57.8 Å². The van der Waals surface area contributed by atoms with Gasteiger partial charge in [0.25, 0.3) is 0 Å². The summed E-state index contributed by atoms with van der Waals surface area (Å²) < 4.78 is 33.9.